The average Bonchev–Trinajstić information content (AvgIpc) is 2.48. The second kappa shape index (κ2) is 5.55. The number of aliphatic hydroxyl groups excluding tert-OH is 1. The summed E-state index contributed by atoms with van der Waals surface area (Å²) in [6, 6.07) is 18.6. The van der Waals surface area contributed by atoms with Crippen LogP contribution in [0.5, 0.6) is 0 Å². The van der Waals surface area contributed by atoms with Gasteiger partial charge < -0.3 is 9.84 Å². The van der Waals surface area contributed by atoms with Crippen molar-refractivity contribution in [3.8, 4) is 11.1 Å². The lowest BCUT2D eigenvalue weighted by Crippen LogP contribution is -2.23. The van der Waals surface area contributed by atoms with Crippen LogP contribution in [0, 0.1) is 0 Å². The molecule has 19 heavy (non-hydrogen) atoms. The summed E-state index contributed by atoms with van der Waals surface area (Å²) in [7, 11) is 0. The predicted molar refractivity (Wildman–Crippen MR) is 75.8 cm³/mol. The van der Waals surface area contributed by atoms with Gasteiger partial charge in [0.1, 0.15) is 0 Å². The Balaban J connectivity index is 1.98. The predicted octanol–water partition coefficient (Wildman–Crippen LogP) is 3.57. The molecule has 0 aliphatic carbocycles. The van der Waals surface area contributed by atoms with E-state index in [9.17, 15) is 5.11 Å². The fourth-order valence-electron chi connectivity index (χ4n) is 2.65. The highest BCUT2D eigenvalue weighted by atomic mass is 16.5. The van der Waals surface area contributed by atoms with Gasteiger partial charge in [0.25, 0.3) is 0 Å². The smallest absolute Gasteiger partial charge is 0.0855 e. The molecule has 2 unspecified atom stereocenters. The van der Waals surface area contributed by atoms with Crippen molar-refractivity contribution in [2.75, 3.05) is 6.61 Å². The molecule has 2 nitrogen and oxygen atoms in total. The van der Waals surface area contributed by atoms with E-state index in [2.05, 4.69) is 24.3 Å². The van der Waals surface area contributed by atoms with Crippen molar-refractivity contribution in [1.29, 1.82) is 0 Å². The van der Waals surface area contributed by atoms with Gasteiger partial charge in [-0.05, 0) is 23.1 Å². The van der Waals surface area contributed by atoms with Crippen molar-refractivity contribution in [2.24, 2.45) is 0 Å². The summed E-state index contributed by atoms with van der Waals surface area (Å²) in [5.41, 5.74) is 3.57. The minimum absolute atomic E-state index is 0.000145. The Bertz CT molecular complexity index is 536. The Kier molecular flexibility index (Phi) is 3.62. The normalized spacial score (nSPS) is 23.2. The lowest BCUT2D eigenvalue weighted by Gasteiger charge is -2.28. The minimum Gasteiger partial charge on any atom is -0.393 e. The lowest BCUT2D eigenvalue weighted by atomic mass is 9.92. The topological polar surface area (TPSA) is 29.5 Å². The molecule has 1 saturated heterocycles. The maximum Gasteiger partial charge on any atom is 0.0855 e. The molecule has 1 aliphatic heterocycles. The third-order valence-corrected chi connectivity index (χ3v) is 3.65. The van der Waals surface area contributed by atoms with Crippen molar-refractivity contribution < 1.29 is 9.84 Å². The molecule has 98 valence electrons. The zero-order valence-electron chi connectivity index (χ0n) is 10.8. The minimum atomic E-state index is -0.248. The first-order valence-corrected chi connectivity index (χ1v) is 6.78. The molecule has 2 aromatic rings. The van der Waals surface area contributed by atoms with Gasteiger partial charge in [-0.3, -0.25) is 0 Å². The third kappa shape index (κ3) is 2.70. The average molecular weight is 254 g/mol. The molecular weight excluding hydrogens is 236 g/mol. The van der Waals surface area contributed by atoms with Crippen molar-refractivity contribution >= 4 is 0 Å². The van der Waals surface area contributed by atoms with E-state index in [0.29, 0.717) is 13.0 Å². The van der Waals surface area contributed by atoms with Gasteiger partial charge >= 0.3 is 0 Å². The van der Waals surface area contributed by atoms with E-state index in [1.54, 1.807) is 0 Å². The molecule has 2 aromatic carbocycles. The Hall–Kier alpha value is -1.64. The van der Waals surface area contributed by atoms with Crippen LogP contribution in [0.1, 0.15) is 24.5 Å². The zero-order valence-corrected chi connectivity index (χ0v) is 10.8. The molecule has 3 rings (SSSR count). The number of hydrogen-bond donors (Lipinski definition) is 1. The highest BCUT2D eigenvalue weighted by Crippen LogP contribution is 2.34. The maximum absolute atomic E-state index is 9.82. The summed E-state index contributed by atoms with van der Waals surface area (Å²) in [6.07, 6.45) is 1.18. The summed E-state index contributed by atoms with van der Waals surface area (Å²) >= 11 is 0. The molecule has 2 atom stereocenters. The highest BCUT2D eigenvalue weighted by Gasteiger charge is 2.24. The summed E-state index contributed by atoms with van der Waals surface area (Å²) in [5, 5.41) is 9.82. The molecule has 1 fully saturated rings. The standard InChI is InChI=1S/C17H18O2/c18-14-10-11-19-17(12-14)16-9-5-4-8-15(16)13-6-2-1-3-7-13/h1-9,14,17-18H,10-12H2. The molecule has 0 bridgehead atoms. The molecule has 2 heteroatoms. The molecule has 0 saturated carbocycles. The van der Waals surface area contributed by atoms with Crippen molar-refractivity contribution in [3.05, 3.63) is 60.2 Å². The van der Waals surface area contributed by atoms with Gasteiger partial charge in [-0.2, -0.15) is 0 Å². The molecule has 0 amide bonds. The van der Waals surface area contributed by atoms with Gasteiger partial charge in [-0.15, -0.1) is 0 Å². The Morgan fingerprint density at radius 3 is 2.47 bits per heavy atom. The van der Waals surface area contributed by atoms with Gasteiger partial charge in [-0.1, -0.05) is 54.6 Å². The maximum atomic E-state index is 9.82. The van der Waals surface area contributed by atoms with Crippen LogP contribution in [0.4, 0.5) is 0 Å². The van der Waals surface area contributed by atoms with E-state index in [0.717, 1.165) is 6.42 Å². The first kappa shape index (κ1) is 12.4. The Labute approximate surface area is 113 Å². The van der Waals surface area contributed by atoms with Crippen LogP contribution >= 0.6 is 0 Å². The SMILES string of the molecule is OC1CCOC(c2ccccc2-c2ccccc2)C1. The van der Waals surface area contributed by atoms with E-state index < -0.39 is 0 Å². The van der Waals surface area contributed by atoms with Crippen LogP contribution in [-0.4, -0.2) is 17.8 Å². The molecule has 1 aliphatic rings. The lowest BCUT2D eigenvalue weighted by molar-refractivity contribution is -0.0445. The third-order valence-electron chi connectivity index (χ3n) is 3.65. The number of rotatable bonds is 2. The highest BCUT2D eigenvalue weighted by molar-refractivity contribution is 5.67. The largest absolute Gasteiger partial charge is 0.393 e. The van der Waals surface area contributed by atoms with Crippen molar-refractivity contribution in [2.45, 2.75) is 25.0 Å². The van der Waals surface area contributed by atoms with E-state index in [-0.39, 0.29) is 12.2 Å². The number of aliphatic hydroxyl groups is 1. The van der Waals surface area contributed by atoms with E-state index in [1.165, 1.54) is 16.7 Å². The first-order valence-electron chi connectivity index (χ1n) is 6.78. The number of benzene rings is 2. The Morgan fingerprint density at radius 1 is 0.947 bits per heavy atom. The zero-order chi connectivity index (χ0) is 13.1. The second-order valence-corrected chi connectivity index (χ2v) is 4.99. The van der Waals surface area contributed by atoms with Crippen LogP contribution in [0.25, 0.3) is 11.1 Å². The number of ether oxygens (including phenoxy) is 1. The molecule has 1 N–H and O–H groups in total. The quantitative estimate of drug-likeness (QED) is 0.887. The van der Waals surface area contributed by atoms with Crippen LogP contribution in [-0.2, 0) is 4.74 Å². The van der Waals surface area contributed by atoms with Crippen LogP contribution < -0.4 is 0 Å². The summed E-state index contributed by atoms with van der Waals surface area (Å²) in [6.45, 7) is 0.634. The Morgan fingerprint density at radius 2 is 1.68 bits per heavy atom. The van der Waals surface area contributed by atoms with E-state index in [4.69, 9.17) is 4.74 Å². The van der Waals surface area contributed by atoms with Crippen molar-refractivity contribution in [3.63, 3.8) is 0 Å². The van der Waals surface area contributed by atoms with Gasteiger partial charge in [-0.25, -0.2) is 0 Å². The van der Waals surface area contributed by atoms with Crippen LogP contribution in [0.15, 0.2) is 54.6 Å². The van der Waals surface area contributed by atoms with E-state index in [1.807, 2.05) is 30.3 Å². The molecule has 0 spiro atoms. The summed E-state index contributed by atoms with van der Waals surface area (Å²) < 4.78 is 5.84. The fraction of sp³-hybridized carbons (Fsp3) is 0.294. The summed E-state index contributed by atoms with van der Waals surface area (Å²) in [4.78, 5) is 0. The molecule has 1 heterocycles. The summed E-state index contributed by atoms with van der Waals surface area (Å²) in [5.74, 6) is 0. The second-order valence-electron chi connectivity index (χ2n) is 4.99. The number of hydrogen-bond acceptors (Lipinski definition) is 2. The van der Waals surface area contributed by atoms with Gasteiger partial charge in [0.2, 0.25) is 0 Å². The van der Waals surface area contributed by atoms with E-state index >= 15 is 0 Å². The van der Waals surface area contributed by atoms with Crippen LogP contribution in [0.2, 0.25) is 0 Å². The monoisotopic (exact) mass is 254 g/mol. The van der Waals surface area contributed by atoms with Gasteiger partial charge in [0, 0.05) is 13.0 Å². The van der Waals surface area contributed by atoms with Crippen molar-refractivity contribution in [1.82, 2.24) is 0 Å². The molecule has 0 aromatic heterocycles. The molecule has 0 radical (unpaired) electrons. The molecular formula is C17H18O2. The first-order chi connectivity index (χ1) is 9.34. The van der Waals surface area contributed by atoms with Crippen LogP contribution in [0.3, 0.4) is 0 Å². The van der Waals surface area contributed by atoms with Gasteiger partial charge in [0.15, 0.2) is 0 Å². The fourth-order valence-corrected chi connectivity index (χ4v) is 2.65. The van der Waals surface area contributed by atoms with Gasteiger partial charge in [0.05, 0.1) is 12.2 Å².